The van der Waals surface area contributed by atoms with E-state index in [9.17, 15) is 4.79 Å². The lowest BCUT2D eigenvalue weighted by molar-refractivity contribution is 0.103. The van der Waals surface area contributed by atoms with Crippen LogP contribution in [0.3, 0.4) is 0 Å². The second-order valence-electron chi connectivity index (χ2n) is 3.40. The van der Waals surface area contributed by atoms with Crippen molar-refractivity contribution in [2.24, 2.45) is 0 Å². The van der Waals surface area contributed by atoms with Gasteiger partial charge in [0.05, 0.1) is 0 Å². The van der Waals surface area contributed by atoms with Gasteiger partial charge >= 0.3 is 0 Å². The highest BCUT2D eigenvalue weighted by Crippen LogP contribution is 2.14. The molecule has 0 amide bonds. The fourth-order valence-corrected chi connectivity index (χ4v) is 1.52. The molecular formula is C14H12O. The van der Waals surface area contributed by atoms with Gasteiger partial charge in [-0.3, -0.25) is 4.79 Å². The van der Waals surface area contributed by atoms with Crippen LogP contribution < -0.4 is 0 Å². The van der Waals surface area contributed by atoms with Gasteiger partial charge in [0.15, 0.2) is 5.78 Å². The van der Waals surface area contributed by atoms with Gasteiger partial charge in [0.1, 0.15) is 0 Å². The summed E-state index contributed by atoms with van der Waals surface area (Å²) in [6.45, 7) is 0. The van der Waals surface area contributed by atoms with Crippen molar-refractivity contribution in [1.82, 2.24) is 0 Å². The smallest absolute Gasteiger partial charge is 0.189 e. The summed E-state index contributed by atoms with van der Waals surface area (Å²) in [6.07, 6.45) is 10.4. The molecule has 2 rings (SSSR count). The van der Waals surface area contributed by atoms with E-state index in [-0.39, 0.29) is 5.78 Å². The SMILES string of the molecule is O=C(C1=CC=CC=CC1)c1ccccc1. The Hall–Kier alpha value is -1.89. The summed E-state index contributed by atoms with van der Waals surface area (Å²) in [5.41, 5.74) is 1.60. The Morgan fingerprint density at radius 1 is 1.00 bits per heavy atom. The van der Waals surface area contributed by atoms with E-state index >= 15 is 0 Å². The van der Waals surface area contributed by atoms with Crippen LogP contribution in [0.4, 0.5) is 0 Å². The van der Waals surface area contributed by atoms with Gasteiger partial charge < -0.3 is 0 Å². The van der Waals surface area contributed by atoms with Crippen molar-refractivity contribution in [3.05, 3.63) is 71.8 Å². The average Bonchev–Trinajstić information content (AvgIpc) is 2.58. The van der Waals surface area contributed by atoms with Gasteiger partial charge in [-0.15, -0.1) is 0 Å². The van der Waals surface area contributed by atoms with E-state index < -0.39 is 0 Å². The van der Waals surface area contributed by atoms with E-state index in [1.54, 1.807) is 0 Å². The van der Waals surface area contributed by atoms with Crippen LogP contribution in [-0.2, 0) is 0 Å². The molecule has 0 atom stereocenters. The number of allylic oxidation sites excluding steroid dienone is 6. The topological polar surface area (TPSA) is 17.1 Å². The monoisotopic (exact) mass is 196 g/mol. The number of carbonyl (C=O) groups excluding carboxylic acids is 1. The molecule has 0 fully saturated rings. The van der Waals surface area contributed by atoms with Gasteiger partial charge in [-0.05, 0) is 6.42 Å². The normalized spacial score (nSPS) is 14.5. The largest absolute Gasteiger partial charge is 0.289 e. The molecule has 1 aliphatic carbocycles. The average molecular weight is 196 g/mol. The lowest BCUT2D eigenvalue weighted by Gasteiger charge is -2.02. The van der Waals surface area contributed by atoms with Crippen molar-refractivity contribution < 1.29 is 4.79 Å². The van der Waals surface area contributed by atoms with Crippen molar-refractivity contribution >= 4 is 5.78 Å². The van der Waals surface area contributed by atoms with Gasteiger partial charge in [-0.2, -0.15) is 0 Å². The van der Waals surface area contributed by atoms with Crippen molar-refractivity contribution in [1.29, 1.82) is 0 Å². The van der Waals surface area contributed by atoms with Crippen molar-refractivity contribution in [2.45, 2.75) is 6.42 Å². The summed E-state index contributed by atoms with van der Waals surface area (Å²) in [6, 6.07) is 9.38. The molecule has 1 aliphatic rings. The Balaban J connectivity index is 2.25. The number of Topliss-reactive ketones (excluding diaryl/α,β-unsaturated/α-hetero) is 1. The van der Waals surface area contributed by atoms with Crippen LogP contribution in [0, 0.1) is 0 Å². The Morgan fingerprint density at radius 3 is 2.60 bits per heavy atom. The minimum atomic E-state index is 0.117. The predicted molar refractivity (Wildman–Crippen MR) is 61.8 cm³/mol. The molecule has 1 aromatic carbocycles. The standard InChI is InChI=1S/C14H12O/c15-14(13-10-6-3-7-11-13)12-8-4-1-2-5-9-12/h1-8,10-11H,9H2. The van der Waals surface area contributed by atoms with Gasteiger partial charge in [-0.25, -0.2) is 0 Å². The maximum Gasteiger partial charge on any atom is 0.189 e. The molecule has 0 saturated heterocycles. The van der Waals surface area contributed by atoms with Crippen LogP contribution in [0.1, 0.15) is 16.8 Å². The van der Waals surface area contributed by atoms with Crippen LogP contribution in [0.2, 0.25) is 0 Å². The third-order valence-corrected chi connectivity index (χ3v) is 2.32. The number of ketones is 1. The first-order chi connectivity index (χ1) is 7.38. The van der Waals surface area contributed by atoms with E-state index in [1.165, 1.54) is 0 Å². The first kappa shape index (κ1) is 9.66. The van der Waals surface area contributed by atoms with Gasteiger partial charge in [0, 0.05) is 11.1 Å². The molecule has 0 bridgehead atoms. The van der Waals surface area contributed by atoms with Crippen LogP contribution in [0.5, 0.6) is 0 Å². The molecule has 0 heterocycles. The van der Waals surface area contributed by atoms with E-state index in [0.29, 0.717) is 6.42 Å². The summed E-state index contributed by atoms with van der Waals surface area (Å²) in [4.78, 5) is 12.0. The van der Waals surface area contributed by atoms with Crippen molar-refractivity contribution in [2.75, 3.05) is 0 Å². The molecule has 1 aromatic rings. The first-order valence-corrected chi connectivity index (χ1v) is 5.00. The van der Waals surface area contributed by atoms with E-state index in [1.807, 2.05) is 60.7 Å². The van der Waals surface area contributed by atoms with E-state index in [2.05, 4.69) is 0 Å². The number of hydrogen-bond acceptors (Lipinski definition) is 1. The van der Waals surface area contributed by atoms with E-state index in [0.717, 1.165) is 11.1 Å². The lowest BCUT2D eigenvalue weighted by atomic mass is 10.0. The van der Waals surface area contributed by atoms with Crippen LogP contribution in [0.15, 0.2) is 66.3 Å². The minimum Gasteiger partial charge on any atom is -0.289 e. The fraction of sp³-hybridized carbons (Fsp3) is 0.0714. The lowest BCUT2D eigenvalue weighted by Crippen LogP contribution is -2.02. The third-order valence-electron chi connectivity index (χ3n) is 2.32. The minimum absolute atomic E-state index is 0.117. The Labute approximate surface area is 89.4 Å². The molecule has 0 saturated carbocycles. The van der Waals surface area contributed by atoms with Gasteiger partial charge in [0.2, 0.25) is 0 Å². The summed E-state index contributed by atoms with van der Waals surface area (Å²) in [5, 5.41) is 0. The number of rotatable bonds is 2. The summed E-state index contributed by atoms with van der Waals surface area (Å²) in [5.74, 6) is 0.117. The molecule has 74 valence electrons. The van der Waals surface area contributed by atoms with Gasteiger partial charge in [-0.1, -0.05) is 60.7 Å². The first-order valence-electron chi connectivity index (χ1n) is 5.00. The summed E-state index contributed by atoms with van der Waals surface area (Å²) in [7, 11) is 0. The highest BCUT2D eigenvalue weighted by molar-refractivity contribution is 6.09. The molecule has 0 N–H and O–H groups in total. The molecule has 0 aromatic heterocycles. The molecule has 0 spiro atoms. The Bertz CT molecular complexity index is 436. The third kappa shape index (κ3) is 2.32. The maximum atomic E-state index is 12.0. The second kappa shape index (κ2) is 4.56. The molecule has 0 unspecified atom stereocenters. The quantitative estimate of drug-likeness (QED) is 0.663. The molecule has 0 aliphatic heterocycles. The molecular weight excluding hydrogens is 184 g/mol. The highest BCUT2D eigenvalue weighted by Gasteiger charge is 2.09. The number of benzene rings is 1. The number of carbonyl (C=O) groups is 1. The summed E-state index contributed by atoms with van der Waals surface area (Å²) >= 11 is 0. The van der Waals surface area contributed by atoms with Crippen molar-refractivity contribution in [3.8, 4) is 0 Å². The Kier molecular flexibility index (Phi) is 2.93. The zero-order valence-electron chi connectivity index (χ0n) is 8.39. The fourth-order valence-electron chi connectivity index (χ4n) is 1.52. The van der Waals surface area contributed by atoms with Crippen LogP contribution in [0.25, 0.3) is 0 Å². The molecule has 1 nitrogen and oxygen atoms in total. The molecule has 0 radical (unpaired) electrons. The maximum absolute atomic E-state index is 12.0. The Morgan fingerprint density at radius 2 is 1.80 bits per heavy atom. The highest BCUT2D eigenvalue weighted by atomic mass is 16.1. The molecule has 15 heavy (non-hydrogen) atoms. The second-order valence-corrected chi connectivity index (χ2v) is 3.40. The molecule has 1 heteroatoms. The zero-order valence-corrected chi connectivity index (χ0v) is 8.39. The summed E-state index contributed by atoms with van der Waals surface area (Å²) < 4.78 is 0. The zero-order chi connectivity index (χ0) is 10.5. The van der Waals surface area contributed by atoms with Crippen LogP contribution >= 0.6 is 0 Å². The van der Waals surface area contributed by atoms with Gasteiger partial charge in [0.25, 0.3) is 0 Å². The van der Waals surface area contributed by atoms with Crippen LogP contribution in [-0.4, -0.2) is 5.78 Å². The van der Waals surface area contributed by atoms with E-state index in [4.69, 9.17) is 0 Å². The van der Waals surface area contributed by atoms with Crippen molar-refractivity contribution in [3.63, 3.8) is 0 Å². The number of hydrogen-bond donors (Lipinski definition) is 0. The predicted octanol–water partition coefficient (Wildman–Crippen LogP) is 3.31.